The van der Waals surface area contributed by atoms with Crippen LogP contribution in [0, 0.1) is 0 Å². The van der Waals surface area contributed by atoms with Crippen molar-refractivity contribution in [3.8, 4) is 0 Å². The Morgan fingerprint density at radius 3 is 0.855 bits per heavy atom. The molecule has 0 amide bonds. The molecule has 0 fully saturated rings. The summed E-state index contributed by atoms with van der Waals surface area (Å²) in [6, 6.07) is 0. The van der Waals surface area contributed by atoms with Gasteiger partial charge < -0.3 is 14.2 Å². The van der Waals surface area contributed by atoms with E-state index in [9.17, 15) is 14.4 Å². The van der Waals surface area contributed by atoms with Crippen LogP contribution in [0.25, 0.3) is 0 Å². The Balaban J connectivity index is 4.47. The molecule has 0 bridgehead atoms. The fourth-order valence-electron chi connectivity index (χ4n) is 7.53. The summed E-state index contributed by atoms with van der Waals surface area (Å²) < 4.78 is 16.8. The molecule has 0 saturated heterocycles. The van der Waals surface area contributed by atoms with E-state index < -0.39 is 6.10 Å². The zero-order valence-corrected chi connectivity index (χ0v) is 48.4. The first kappa shape index (κ1) is 70.8. The number of unbranched alkanes of at least 4 members (excludes halogenated alkanes) is 13. The molecule has 0 N–H and O–H groups in total. The van der Waals surface area contributed by atoms with Gasteiger partial charge >= 0.3 is 17.9 Å². The predicted octanol–water partition coefficient (Wildman–Crippen LogP) is 20.7. The Labute approximate surface area is 466 Å². The minimum absolute atomic E-state index is 0.116. The summed E-state index contributed by atoms with van der Waals surface area (Å²) in [5.74, 6) is -1.02. The number of ether oxygens (including phenoxy) is 3. The number of esters is 3. The minimum atomic E-state index is -0.826. The molecule has 76 heavy (non-hydrogen) atoms. The van der Waals surface area contributed by atoms with Crippen LogP contribution in [0.5, 0.6) is 0 Å². The van der Waals surface area contributed by atoms with Gasteiger partial charge in [-0.3, -0.25) is 14.4 Å². The molecule has 0 rings (SSSR count). The zero-order chi connectivity index (χ0) is 55.0. The first-order valence-corrected chi connectivity index (χ1v) is 30.1. The Kier molecular flexibility index (Phi) is 58.0. The maximum Gasteiger partial charge on any atom is 0.306 e. The summed E-state index contributed by atoms with van der Waals surface area (Å²) in [5.41, 5.74) is 0. The van der Waals surface area contributed by atoms with E-state index in [-0.39, 0.29) is 44.0 Å². The third-order valence-electron chi connectivity index (χ3n) is 12.0. The third-order valence-corrected chi connectivity index (χ3v) is 12.0. The smallest absolute Gasteiger partial charge is 0.306 e. The van der Waals surface area contributed by atoms with E-state index in [1.807, 2.05) is 0 Å². The van der Waals surface area contributed by atoms with Gasteiger partial charge in [0, 0.05) is 19.3 Å². The van der Waals surface area contributed by atoms with Crippen molar-refractivity contribution < 1.29 is 28.6 Å². The van der Waals surface area contributed by atoms with Gasteiger partial charge in [0.1, 0.15) is 13.2 Å². The van der Waals surface area contributed by atoms with Gasteiger partial charge in [0.05, 0.1) is 0 Å². The van der Waals surface area contributed by atoms with E-state index in [0.29, 0.717) is 19.3 Å². The van der Waals surface area contributed by atoms with Gasteiger partial charge in [-0.1, -0.05) is 255 Å². The highest BCUT2D eigenvalue weighted by molar-refractivity contribution is 5.71. The second-order valence-electron chi connectivity index (χ2n) is 19.1. The van der Waals surface area contributed by atoms with Crippen molar-refractivity contribution in [1.29, 1.82) is 0 Å². The number of hydrogen-bond acceptors (Lipinski definition) is 6. The monoisotopic (exact) mass is 1040 g/mol. The predicted molar refractivity (Wildman–Crippen MR) is 329 cm³/mol. The first-order valence-electron chi connectivity index (χ1n) is 30.1. The zero-order valence-electron chi connectivity index (χ0n) is 48.4. The molecule has 0 aromatic carbocycles. The van der Waals surface area contributed by atoms with E-state index in [0.717, 1.165) is 135 Å². The Morgan fingerprint density at radius 2 is 0.526 bits per heavy atom. The number of rotatable bonds is 52. The van der Waals surface area contributed by atoms with E-state index in [1.54, 1.807) is 0 Å². The molecule has 1 atom stereocenters. The molecule has 6 heteroatoms. The van der Waals surface area contributed by atoms with Gasteiger partial charge in [-0.05, 0) is 128 Å². The van der Waals surface area contributed by atoms with Crippen LogP contribution in [0.4, 0.5) is 0 Å². The lowest BCUT2D eigenvalue weighted by Gasteiger charge is -2.18. The largest absolute Gasteiger partial charge is 0.462 e. The minimum Gasteiger partial charge on any atom is -0.462 e. The topological polar surface area (TPSA) is 78.9 Å². The molecule has 0 heterocycles. The molecule has 0 aliphatic carbocycles. The van der Waals surface area contributed by atoms with Gasteiger partial charge in [0.15, 0.2) is 6.10 Å². The lowest BCUT2D eigenvalue weighted by atomic mass is 10.1. The second kappa shape index (κ2) is 62.3. The van der Waals surface area contributed by atoms with E-state index in [4.69, 9.17) is 14.2 Å². The lowest BCUT2D eigenvalue weighted by molar-refractivity contribution is -0.167. The number of carbonyl (C=O) groups excluding carboxylic acids is 3. The quantitative estimate of drug-likeness (QED) is 0.0261. The number of hydrogen-bond donors (Lipinski definition) is 0. The Morgan fingerprint density at radius 1 is 0.276 bits per heavy atom. The summed E-state index contributed by atoms with van der Waals surface area (Å²) in [5, 5.41) is 0. The van der Waals surface area contributed by atoms with Gasteiger partial charge in [-0.2, -0.15) is 0 Å². The van der Waals surface area contributed by atoms with E-state index >= 15 is 0 Å². The fraction of sp³-hybridized carbons (Fsp3) is 0.557. The average Bonchev–Trinajstić information content (AvgIpc) is 3.42. The SMILES string of the molecule is CC/C=C\C/C=C\C/C=C\C/C=C\C/C=C\C/C=C\C/C=C\C/C=C\C/C=C\CCCC(=O)OCC(COC(=O)CCCCCCCCCCCC)OC(=O)CCCCC/C=C\C/C=C\C/C=C\C/C=C\C/C=C\CC. The second-order valence-corrected chi connectivity index (χ2v) is 19.1. The van der Waals surface area contributed by atoms with Crippen molar-refractivity contribution in [2.75, 3.05) is 13.2 Å². The fourth-order valence-corrected chi connectivity index (χ4v) is 7.53. The van der Waals surface area contributed by atoms with Gasteiger partial charge in [-0.15, -0.1) is 0 Å². The number of allylic oxidation sites excluding steroid dienone is 28. The first-order chi connectivity index (χ1) is 37.5. The molecule has 0 radical (unpaired) electrons. The van der Waals surface area contributed by atoms with Crippen LogP contribution in [0.1, 0.15) is 233 Å². The van der Waals surface area contributed by atoms with E-state index in [1.165, 1.54) is 44.9 Å². The average molecular weight is 1050 g/mol. The van der Waals surface area contributed by atoms with Crippen LogP contribution in [0.3, 0.4) is 0 Å². The molecular formula is C70H108O6. The maximum atomic E-state index is 12.8. The summed E-state index contributed by atoms with van der Waals surface area (Å²) in [7, 11) is 0. The molecule has 0 saturated carbocycles. The van der Waals surface area contributed by atoms with Crippen molar-refractivity contribution in [2.24, 2.45) is 0 Å². The molecule has 0 spiro atoms. The summed E-state index contributed by atoms with van der Waals surface area (Å²) >= 11 is 0. The molecule has 424 valence electrons. The number of carbonyl (C=O) groups is 3. The van der Waals surface area contributed by atoms with Crippen LogP contribution >= 0.6 is 0 Å². The maximum absolute atomic E-state index is 12.8. The highest BCUT2D eigenvalue weighted by Crippen LogP contribution is 2.13. The molecule has 0 aliphatic heterocycles. The standard InChI is InChI=1S/C70H108O6/c1-4-7-10-13-16-19-22-24-26-28-30-31-32-33-34-35-36-37-38-39-41-42-44-46-48-51-54-57-60-63-69(72)75-66-67(65-74-68(71)62-59-56-53-50-21-18-15-12-9-6-3)76-70(73)64-61-58-55-52-49-47-45-43-40-29-27-25-23-20-17-14-11-8-5-2/h7-8,10-11,16-17,19-20,24-27,30-31,33-34,36-37,39-41,43-44,46-47,49,51,54,67H,4-6,9,12-15,18,21-23,28-29,32,35,38,42,45,48,50,52-53,55-66H2,1-3H3/b10-7-,11-8-,19-16-,20-17-,26-24-,27-25-,31-30-,34-33-,37-36-,41-39-,43-40-,46-44-,49-47-,54-51-. The summed E-state index contributed by atoms with van der Waals surface area (Å²) in [4.78, 5) is 38.1. The van der Waals surface area contributed by atoms with Crippen LogP contribution in [-0.4, -0.2) is 37.2 Å². The Bertz CT molecular complexity index is 1770. The van der Waals surface area contributed by atoms with Gasteiger partial charge in [0.2, 0.25) is 0 Å². The van der Waals surface area contributed by atoms with Crippen LogP contribution in [0.15, 0.2) is 170 Å². The lowest BCUT2D eigenvalue weighted by Crippen LogP contribution is -2.30. The summed E-state index contributed by atoms with van der Waals surface area (Å²) in [6.07, 6.45) is 92.2. The van der Waals surface area contributed by atoms with Crippen molar-refractivity contribution in [2.45, 2.75) is 239 Å². The van der Waals surface area contributed by atoms with Gasteiger partial charge in [-0.25, -0.2) is 0 Å². The van der Waals surface area contributed by atoms with Crippen LogP contribution in [-0.2, 0) is 28.6 Å². The highest BCUT2D eigenvalue weighted by atomic mass is 16.6. The molecular weight excluding hydrogens is 937 g/mol. The van der Waals surface area contributed by atoms with Crippen molar-refractivity contribution in [3.63, 3.8) is 0 Å². The van der Waals surface area contributed by atoms with Crippen molar-refractivity contribution in [1.82, 2.24) is 0 Å². The normalized spacial score (nSPS) is 13.4. The van der Waals surface area contributed by atoms with Crippen LogP contribution < -0.4 is 0 Å². The Hall–Kier alpha value is -5.23. The van der Waals surface area contributed by atoms with Crippen molar-refractivity contribution >= 4 is 17.9 Å². The molecule has 1 unspecified atom stereocenters. The molecule has 0 aromatic heterocycles. The molecule has 0 aromatic rings. The highest BCUT2D eigenvalue weighted by Gasteiger charge is 2.19. The summed E-state index contributed by atoms with van der Waals surface area (Å²) in [6.45, 7) is 6.30. The van der Waals surface area contributed by atoms with Gasteiger partial charge in [0.25, 0.3) is 0 Å². The third kappa shape index (κ3) is 59.6. The van der Waals surface area contributed by atoms with Crippen LogP contribution in [0.2, 0.25) is 0 Å². The molecule has 6 nitrogen and oxygen atoms in total. The molecule has 0 aliphatic rings. The van der Waals surface area contributed by atoms with E-state index in [2.05, 4.69) is 191 Å². The van der Waals surface area contributed by atoms with Crippen molar-refractivity contribution in [3.05, 3.63) is 170 Å².